The smallest absolute Gasteiger partial charge is 0.462 e. The van der Waals surface area contributed by atoms with Crippen LogP contribution >= 0.6 is 7.82 Å². The molecule has 2 unspecified atom stereocenters. The second-order valence-electron chi connectivity index (χ2n) is 22.4. The number of carbonyl (C=O) groups is 2. The van der Waals surface area contributed by atoms with Gasteiger partial charge in [0, 0.05) is 12.8 Å². The van der Waals surface area contributed by atoms with Gasteiger partial charge in [-0.3, -0.25) is 18.6 Å². The second kappa shape index (κ2) is 55.0. The summed E-state index contributed by atoms with van der Waals surface area (Å²) < 4.78 is 34.4. The molecule has 0 aliphatic heterocycles. The lowest BCUT2D eigenvalue weighted by atomic mass is 10.0. The average Bonchev–Trinajstić information content (AvgIpc) is 3.35. The normalized spacial score (nSPS) is 13.5. The Labute approximate surface area is 452 Å². The first-order chi connectivity index (χ1) is 35.5. The Kier molecular flexibility index (Phi) is 53.7. The Balaban J connectivity index is 3.81. The Hall–Kier alpha value is -1.77. The van der Waals surface area contributed by atoms with Crippen LogP contribution in [0.5, 0.6) is 0 Å². The summed E-state index contributed by atoms with van der Waals surface area (Å²) in [5.74, 6) is -0.798. The number of unbranched alkanes of at least 4 members (excludes halogenated alkanes) is 38. The summed E-state index contributed by atoms with van der Waals surface area (Å²) in [5.41, 5.74) is 0. The number of hydrogen-bond acceptors (Lipinski definition) is 7. The van der Waals surface area contributed by atoms with Crippen LogP contribution in [0.1, 0.15) is 303 Å². The molecule has 0 saturated heterocycles. The molecule has 0 spiro atoms. The van der Waals surface area contributed by atoms with Crippen LogP contribution in [0, 0.1) is 0 Å². The first-order valence-corrected chi connectivity index (χ1v) is 32.7. The molecule has 430 valence electrons. The average molecular weight is 1050 g/mol. The lowest BCUT2D eigenvalue weighted by Crippen LogP contribution is -2.37. The highest BCUT2D eigenvalue weighted by Crippen LogP contribution is 2.43. The molecule has 0 radical (unpaired) electrons. The number of quaternary nitrogens is 1. The predicted molar refractivity (Wildman–Crippen MR) is 312 cm³/mol. The molecular formula is C63H121NO8P+. The summed E-state index contributed by atoms with van der Waals surface area (Å²) in [4.78, 5) is 35.5. The van der Waals surface area contributed by atoms with E-state index in [0.29, 0.717) is 17.4 Å². The van der Waals surface area contributed by atoms with Gasteiger partial charge in [0.25, 0.3) is 0 Å². The van der Waals surface area contributed by atoms with E-state index in [-0.39, 0.29) is 32.0 Å². The first-order valence-electron chi connectivity index (χ1n) is 31.2. The molecule has 0 heterocycles. The van der Waals surface area contributed by atoms with Gasteiger partial charge in [-0.2, -0.15) is 0 Å². The number of likely N-dealkylation sites (N-methyl/N-ethyl adjacent to an activating group) is 1. The minimum absolute atomic E-state index is 0.0325. The molecule has 0 aliphatic rings. The maximum atomic E-state index is 12.8. The van der Waals surface area contributed by atoms with Gasteiger partial charge in [0.05, 0.1) is 27.7 Å². The van der Waals surface area contributed by atoms with Crippen molar-refractivity contribution in [3.05, 3.63) is 36.5 Å². The van der Waals surface area contributed by atoms with Crippen molar-refractivity contribution in [3.63, 3.8) is 0 Å². The lowest BCUT2D eigenvalue weighted by molar-refractivity contribution is -0.870. The van der Waals surface area contributed by atoms with Crippen molar-refractivity contribution in [1.29, 1.82) is 0 Å². The number of esters is 2. The van der Waals surface area contributed by atoms with E-state index < -0.39 is 26.5 Å². The molecule has 2 atom stereocenters. The largest absolute Gasteiger partial charge is 0.472 e. The summed E-state index contributed by atoms with van der Waals surface area (Å²) in [5, 5.41) is 0. The Morgan fingerprint density at radius 2 is 0.767 bits per heavy atom. The fraction of sp³-hybridized carbons (Fsp3) is 0.873. The summed E-state index contributed by atoms with van der Waals surface area (Å²) in [7, 11) is 1.48. The van der Waals surface area contributed by atoms with Crippen molar-refractivity contribution in [2.45, 2.75) is 309 Å². The SMILES string of the molecule is CCC/C=C\CCCCCCCC(=O)OCC(COP(=O)(O)OCC[N+](C)(C)C)OC(=O)CCCCCCCCCCCCCCCCCCCCCCCCCCCCC/C=C\C/C=C\CCCCCCC. The molecule has 0 amide bonds. The highest BCUT2D eigenvalue weighted by atomic mass is 31.2. The maximum absolute atomic E-state index is 12.8. The van der Waals surface area contributed by atoms with Crippen LogP contribution in [0.3, 0.4) is 0 Å². The van der Waals surface area contributed by atoms with Gasteiger partial charge in [0.15, 0.2) is 6.10 Å². The van der Waals surface area contributed by atoms with Crippen molar-refractivity contribution < 1.29 is 42.1 Å². The number of rotatable bonds is 58. The zero-order valence-corrected chi connectivity index (χ0v) is 49.8. The molecule has 1 N–H and O–H groups in total. The minimum Gasteiger partial charge on any atom is -0.462 e. The number of carbonyl (C=O) groups excluding carboxylic acids is 2. The molecule has 0 aromatic heterocycles. The molecule has 0 aromatic carbocycles. The van der Waals surface area contributed by atoms with E-state index in [2.05, 4.69) is 50.3 Å². The number of allylic oxidation sites excluding steroid dienone is 6. The van der Waals surface area contributed by atoms with Crippen molar-refractivity contribution >= 4 is 19.8 Å². The van der Waals surface area contributed by atoms with Crippen LogP contribution in [0.15, 0.2) is 36.5 Å². The van der Waals surface area contributed by atoms with E-state index in [9.17, 15) is 19.0 Å². The van der Waals surface area contributed by atoms with Crippen LogP contribution in [0.25, 0.3) is 0 Å². The van der Waals surface area contributed by atoms with E-state index >= 15 is 0 Å². The van der Waals surface area contributed by atoms with E-state index in [1.807, 2.05) is 21.1 Å². The van der Waals surface area contributed by atoms with Gasteiger partial charge >= 0.3 is 19.8 Å². The van der Waals surface area contributed by atoms with Gasteiger partial charge in [0.1, 0.15) is 19.8 Å². The van der Waals surface area contributed by atoms with Crippen molar-refractivity contribution in [2.24, 2.45) is 0 Å². The predicted octanol–water partition coefficient (Wildman–Crippen LogP) is 19.5. The lowest BCUT2D eigenvalue weighted by Gasteiger charge is -2.24. The fourth-order valence-electron chi connectivity index (χ4n) is 9.05. The van der Waals surface area contributed by atoms with Crippen LogP contribution in [0.4, 0.5) is 0 Å². The molecule has 0 fully saturated rings. The van der Waals surface area contributed by atoms with Gasteiger partial charge in [-0.25, -0.2) is 4.57 Å². The number of ether oxygens (including phenoxy) is 2. The summed E-state index contributed by atoms with van der Waals surface area (Å²) in [6, 6.07) is 0. The monoisotopic (exact) mass is 1050 g/mol. The highest BCUT2D eigenvalue weighted by molar-refractivity contribution is 7.47. The Bertz CT molecular complexity index is 1330. The van der Waals surface area contributed by atoms with Gasteiger partial charge in [-0.15, -0.1) is 0 Å². The number of hydrogen-bond donors (Lipinski definition) is 1. The summed E-state index contributed by atoms with van der Waals surface area (Å²) >= 11 is 0. The standard InChI is InChI=1S/C63H120NO8P/c1-6-8-10-12-14-16-18-19-20-21-22-23-24-25-26-27-28-29-30-31-32-33-34-35-36-37-38-39-40-41-42-43-44-45-46-48-50-52-54-56-63(66)72-61(60-71-73(67,68)70-58-57-64(3,4)5)59-69-62(65)55-53-51-49-47-17-15-13-11-9-7-2/h11,13,18-19,21-22,61H,6-10,12,14-17,20,23-60H2,1-5H3/p+1/b13-11-,19-18-,22-21-. The molecule has 0 bridgehead atoms. The van der Waals surface area contributed by atoms with Crippen LogP contribution in [0.2, 0.25) is 0 Å². The maximum Gasteiger partial charge on any atom is 0.472 e. The van der Waals surface area contributed by atoms with E-state index in [4.69, 9.17) is 18.5 Å². The molecule has 0 aromatic rings. The highest BCUT2D eigenvalue weighted by Gasteiger charge is 2.27. The van der Waals surface area contributed by atoms with Gasteiger partial charge in [-0.05, 0) is 64.2 Å². The van der Waals surface area contributed by atoms with Gasteiger partial charge in [0.2, 0.25) is 0 Å². The topological polar surface area (TPSA) is 108 Å². The molecule has 9 nitrogen and oxygen atoms in total. The number of phosphoric acid groups is 1. The van der Waals surface area contributed by atoms with E-state index in [1.165, 1.54) is 205 Å². The first kappa shape index (κ1) is 71.2. The number of nitrogens with zero attached hydrogens (tertiary/aromatic N) is 1. The van der Waals surface area contributed by atoms with Crippen molar-refractivity contribution in [2.75, 3.05) is 47.5 Å². The Morgan fingerprint density at radius 1 is 0.425 bits per heavy atom. The zero-order valence-electron chi connectivity index (χ0n) is 48.9. The molecular weight excluding hydrogens is 930 g/mol. The Morgan fingerprint density at radius 3 is 1.15 bits per heavy atom. The van der Waals surface area contributed by atoms with E-state index in [0.717, 1.165) is 64.2 Å². The molecule has 0 saturated carbocycles. The van der Waals surface area contributed by atoms with Crippen molar-refractivity contribution in [1.82, 2.24) is 0 Å². The number of phosphoric ester groups is 1. The van der Waals surface area contributed by atoms with Crippen LogP contribution < -0.4 is 0 Å². The van der Waals surface area contributed by atoms with Crippen LogP contribution in [-0.4, -0.2) is 74.9 Å². The molecule has 10 heteroatoms. The summed E-state index contributed by atoms with van der Waals surface area (Å²) in [6.07, 6.45) is 68.5. The minimum atomic E-state index is -4.38. The third kappa shape index (κ3) is 59.3. The zero-order chi connectivity index (χ0) is 53.5. The second-order valence-corrected chi connectivity index (χ2v) is 23.9. The third-order valence-corrected chi connectivity index (χ3v) is 14.9. The van der Waals surface area contributed by atoms with Crippen LogP contribution in [-0.2, 0) is 32.7 Å². The third-order valence-electron chi connectivity index (χ3n) is 13.9. The van der Waals surface area contributed by atoms with Gasteiger partial charge < -0.3 is 18.9 Å². The molecule has 73 heavy (non-hydrogen) atoms. The van der Waals surface area contributed by atoms with E-state index in [1.54, 1.807) is 0 Å². The van der Waals surface area contributed by atoms with Crippen molar-refractivity contribution in [3.8, 4) is 0 Å². The fourth-order valence-corrected chi connectivity index (χ4v) is 9.79. The molecule has 0 aliphatic carbocycles. The quantitative estimate of drug-likeness (QED) is 0.0211. The molecule has 0 rings (SSSR count). The summed E-state index contributed by atoms with van der Waals surface area (Å²) in [6.45, 7) is 4.38. The van der Waals surface area contributed by atoms with Gasteiger partial charge in [-0.1, -0.05) is 262 Å².